The van der Waals surface area contributed by atoms with Crippen LogP contribution in [-0.4, -0.2) is 43.7 Å². The molecule has 33 heavy (non-hydrogen) atoms. The first-order valence-electron chi connectivity index (χ1n) is 12.2. The van der Waals surface area contributed by atoms with E-state index in [4.69, 9.17) is 4.74 Å². The highest BCUT2D eigenvalue weighted by atomic mass is 16.5. The van der Waals surface area contributed by atoms with Crippen molar-refractivity contribution in [3.05, 3.63) is 109 Å². The van der Waals surface area contributed by atoms with Gasteiger partial charge in [0.25, 0.3) is 0 Å². The molecular formula is C30H34N2O. The number of fused-ring (bicyclic) bond motifs is 3. The average molecular weight is 439 g/mol. The fourth-order valence-electron chi connectivity index (χ4n) is 6.09. The van der Waals surface area contributed by atoms with Crippen molar-refractivity contribution in [2.45, 2.75) is 30.8 Å². The molecule has 0 saturated carbocycles. The van der Waals surface area contributed by atoms with Gasteiger partial charge in [0.1, 0.15) is 12.4 Å². The molecule has 0 amide bonds. The second-order valence-electron chi connectivity index (χ2n) is 9.33. The minimum absolute atomic E-state index is 0.323. The zero-order valence-corrected chi connectivity index (χ0v) is 19.5. The van der Waals surface area contributed by atoms with Gasteiger partial charge in [0, 0.05) is 25.0 Å². The minimum atomic E-state index is 0.323. The number of benzene rings is 3. The fraction of sp³-hybridized carbons (Fsp3) is 0.333. The lowest BCUT2D eigenvalue weighted by atomic mass is 9.70. The lowest BCUT2D eigenvalue weighted by molar-refractivity contribution is 0.0185. The van der Waals surface area contributed by atoms with Gasteiger partial charge in [-0.1, -0.05) is 85.5 Å². The predicted octanol–water partition coefficient (Wildman–Crippen LogP) is 5.98. The molecule has 6 rings (SSSR count). The highest BCUT2D eigenvalue weighted by molar-refractivity contribution is 5.59. The molecule has 3 saturated heterocycles. The number of anilines is 1. The molecule has 0 unspecified atom stereocenters. The number of nitrogens with zero attached hydrogens (tertiary/aromatic N) is 2. The summed E-state index contributed by atoms with van der Waals surface area (Å²) >= 11 is 0. The lowest BCUT2D eigenvalue weighted by Crippen LogP contribution is -2.65. The first kappa shape index (κ1) is 21.8. The molecule has 0 radical (unpaired) electrons. The van der Waals surface area contributed by atoms with Crippen LogP contribution in [0.5, 0.6) is 5.75 Å². The molecule has 2 atom stereocenters. The second-order valence-corrected chi connectivity index (χ2v) is 9.33. The van der Waals surface area contributed by atoms with Gasteiger partial charge in [-0.15, -0.1) is 0 Å². The fourth-order valence-corrected chi connectivity index (χ4v) is 6.09. The number of hydrogen-bond donors (Lipinski definition) is 0. The summed E-state index contributed by atoms with van der Waals surface area (Å²) in [6, 6.07) is 31.4. The van der Waals surface area contributed by atoms with Crippen molar-refractivity contribution in [2.24, 2.45) is 5.92 Å². The van der Waals surface area contributed by atoms with Gasteiger partial charge in [0.15, 0.2) is 0 Å². The third kappa shape index (κ3) is 4.30. The van der Waals surface area contributed by atoms with E-state index in [-0.39, 0.29) is 0 Å². The van der Waals surface area contributed by atoms with Crippen LogP contribution >= 0.6 is 0 Å². The molecule has 0 spiro atoms. The van der Waals surface area contributed by atoms with Crippen molar-refractivity contribution in [2.75, 3.05) is 31.6 Å². The molecule has 2 bridgehead atoms. The maximum Gasteiger partial charge on any atom is 0.143 e. The Hall–Kier alpha value is -3.04. The van der Waals surface area contributed by atoms with Gasteiger partial charge >= 0.3 is 0 Å². The Morgan fingerprint density at radius 3 is 2.09 bits per heavy atom. The van der Waals surface area contributed by atoms with E-state index in [1.54, 1.807) is 0 Å². The first-order chi connectivity index (χ1) is 16.3. The highest BCUT2D eigenvalue weighted by Gasteiger charge is 2.48. The summed E-state index contributed by atoms with van der Waals surface area (Å²) in [5.41, 5.74) is 3.97. The van der Waals surface area contributed by atoms with E-state index in [0.717, 1.165) is 5.75 Å². The Morgan fingerprint density at radius 1 is 0.909 bits per heavy atom. The van der Waals surface area contributed by atoms with Gasteiger partial charge in [0.05, 0.1) is 5.69 Å². The van der Waals surface area contributed by atoms with Crippen molar-refractivity contribution < 1.29 is 4.74 Å². The summed E-state index contributed by atoms with van der Waals surface area (Å²) in [7, 11) is 2.27. The van der Waals surface area contributed by atoms with Crippen LogP contribution < -0.4 is 9.64 Å². The van der Waals surface area contributed by atoms with E-state index in [9.17, 15) is 0 Å². The first-order valence-corrected chi connectivity index (χ1v) is 12.2. The zero-order valence-electron chi connectivity index (χ0n) is 19.5. The predicted molar refractivity (Wildman–Crippen MR) is 137 cm³/mol. The van der Waals surface area contributed by atoms with Crippen LogP contribution in [0, 0.1) is 5.92 Å². The van der Waals surface area contributed by atoms with Crippen molar-refractivity contribution in [3.63, 3.8) is 0 Å². The number of ether oxygens (including phenoxy) is 1. The molecule has 3 aliphatic rings. The number of piperidine rings is 3. The summed E-state index contributed by atoms with van der Waals surface area (Å²) in [5.74, 6) is 1.93. The molecule has 3 aliphatic heterocycles. The Morgan fingerprint density at radius 2 is 1.48 bits per heavy atom. The quantitative estimate of drug-likeness (QED) is 0.402. The number of likely N-dealkylation sites (N-methyl/N-ethyl adjacent to an activating group) is 1. The van der Waals surface area contributed by atoms with Crippen LogP contribution in [0.4, 0.5) is 5.69 Å². The molecule has 3 nitrogen and oxygen atoms in total. The standard InChI is InChI=1S/C30H34N2O/c1-3-22-33-27-17-11-10-16-26(27)31(2)29-25-18-20-32(21-19-25)30(29)28(23-12-6-4-7-13-23)24-14-8-5-9-15-24/h3-17,25,28-30H,1,18-22H2,2H3/t29-,30-/m1/s1. The maximum absolute atomic E-state index is 6.07. The number of hydrogen-bond acceptors (Lipinski definition) is 3. The molecule has 170 valence electrons. The maximum atomic E-state index is 6.07. The van der Waals surface area contributed by atoms with Gasteiger partial charge in [-0.2, -0.15) is 0 Å². The summed E-state index contributed by atoms with van der Waals surface area (Å²) < 4.78 is 6.07. The Bertz CT molecular complexity index is 1000. The molecule has 3 heteroatoms. The zero-order chi connectivity index (χ0) is 22.6. The summed E-state index contributed by atoms with van der Waals surface area (Å²) in [6.07, 6.45) is 4.34. The summed E-state index contributed by atoms with van der Waals surface area (Å²) in [6.45, 7) is 6.72. The number of rotatable bonds is 8. The van der Waals surface area contributed by atoms with E-state index < -0.39 is 0 Å². The minimum Gasteiger partial charge on any atom is -0.487 e. The van der Waals surface area contributed by atoms with Gasteiger partial charge in [0.2, 0.25) is 0 Å². The molecule has 0 N–H and O–H groups in total. The molecule has 3 aromatic rings. The van der Waals surface area contributed by atoms with Crippen LogP contribution in [0.1, 0.15) is 29.9 Å². The topological polar surface area (TPSA) is 15.7 Å². The van der Waals surface area contributed by atoms with Crippen molar-refractivity contribution >= 4 is 5.69 Å². The van der Waals surface area contributed by atoms with E-state index in [0.29, 0.717) is 30.5 Å². The van der Waals surface area contributed by atoms with Crippen LogP contribution in [0.2, 0.25) is 0 Å². The molecule has 3 heterocycles. The number of para-hydroxylation sites is 2. The highest BCUT2D eigenvalue weighted by Crippen LogP contribution is 2.45. The monoisotopic (exact) mass is 438 g/mol. The molecule has 0 aliphatic carbocycles. The van der Waals surface area contributed by atoms with Crippen LogP contribution in [0.15, 0.2) is 97.6 Å². The van der Waals surface area contributed by atoms with Crippen molar-refractivity contribution in [1.29, 1.82) is 0 Å². The van der Waals surface area contributed by atoms with E-state index in [1.165, 1.54) is 42.7 Å². The third-order valence-electron chi connectivity index (χ3n) is 7.54. The van der Waals surface area contributed by atoms with Crippen LogP contribution in [0.3, 0.4) is 0 Å². The van der Waals surface area contributed by atoms with Gasteiger partial charge in [-0.3, -0.25) is 4.90 Å². The van der Waals surface area contributed by atoms with E-state index >= 15 is 0 Å². The van der Waals surface area contributed by atoms with Crippen molar-refractivity contribution in [3.8, 4) is 5.75 Å². The Labute approximate surface area is 198 Å². The molecule has 3 aromatic carbocycles. The van der Waals surface area contributed by atoms with Gasteiger partial charge < -0.3 is 9.64 Å². The Kier molecular flexibility index (Phi) is 6.50. The van der Waals surface area contributed by atoms with Crippen LogP contribution in [-0.2, 0) is 0 Å². The normalized spacial score (nSPS) is 23.9. The second kappa shape index (κ2) is 9.84. The molecule has 0 aromatic heterocycles. The van der Waals surface area contributed by atoms with Crippen LogP contribution in [0.25, 0.3) is 0 Å². The summed E-state index contributed by atoms with van der Waals surface area (Å²) in [4.78, 5) is 5.26. The van der Waals surface area contributed by atoms with E-state index in [2.05, 4.69) is 108 Å². The average Bonchev–Trinajstić information content (AvgIpc) is 2.89. The van der Waals surface area contributed by atoms with Gasteiger partial charge in [-0.05, 0) is 55.1 Å². The Balaban J connectivity index is 1.58. The molecule has 3 fully saturated rings. The SMILES string of the molecule is C=CCOc1ccccc1N(C)[C@@H]1C2CCN(CC2)[C@@H]1C(c1ccccc1)c1ccccc1. The molecular weight excluding hydrogens is 404 g/mol. The smallest absolute Gasteiger partial charge is 0.143 e. The lowest BCUT2D eigenvalue weighted by Gasteiger charge is -2.56. The van der Waals surface area contributed by atoms with E-state index in [1.807, 2.05) is 6.08 Å². The van der Waals surface area contributed by atoms with Gasteiger partial charge in [-0.25, -0.2) is 0 Å². The summed E-state index contributed by atoms with van der Waals surface area (Å²) in [5, 5.41) is 0. The third-order valence-corrected chi connectivity index (χ3v) is 7.54. The van der Waals surface area contributed by atoms with Crippen molar-refractivity contribution in [1.82, 2.24) is 4.90 Å². The largest absolute Gasteiger partial charge is 0.487 e.